The summed E-state index contributed by atoms with van der Waals surface area (Å²) < 4.78 is 7.51. The van der Waals surface area contributed by atoms with Gasteiger partial charge in [-0.1, -0.05) is 36.4 Å². The Labute approximate surface area is 162 Å². The Balaban J connectivity index is 1.64. The molecule has 1 amide bonds. The van der Waals surface area contributed by atoms with Gasteiger partial charge in [-0.05, 0) is 39.3 Å². The number of rotatable bonds is 7. The number of thioether (sulfide) groups is 1. The Kier molecular flexibility index (Phi) is 5.95. The number of amides is 1. The number of aromatic nitrogens is 4. The summed E-state index contributed by atoms with van der Waals surface area (Å²) in [7, 11) is 0. The van der Waals surface area contributed by atoms with Gasteiger partial charge in [0.15, 0.2) is 0 Å². The fourth-order valence-electron chi connectivity index (χ4n) is 2.44. The molecular formula is C19H23N5O2S. The SMILES string of the molecule is CC[C@H](C)n1nccc1NC(=O)[C@@H](C)Sc1nnc(-c2ccc(C)cc2)o1. The third-order valence-electron chi connectivity index (χ3n) is 4.28. The number of aryl methyl sites for hydroxylation is 1. The zero-order chi connectivity index (χ0) is 19.4. The molecule has 0 saturated heterocycles. The maximum absolute atomic E-state index is 12.5. The molecule has 142 valence electrons. The van der Waals surface area contributed by atoms with Crippen LogP contribution in [0.4, 0.5) is 5.82 Å². The summed E-state index contributed by atoms with van der Waals surface area (Å²) in [6, 6.07) is 9.86. The van der Waals surface area contributed by atoms with Gasteiger partial charge < -0.3 is 9.73 Å². The predicted octanol–water partition coefficient (Wildman–Crippen LogP) is 4.33. The van der Waals surface area contributed by atoms with E-state index in [0.717, 1.165) is 17.5 Å². The molecule has 0 bridgehead atoms. The lowest BCUT2D eigenvalue weighted by Crippen LogP contribution is -2.24. The van der Waals surface area contributed by atoms with Crippen molar-refractivity contribution in [1.29, 1.82) is 0 Å². The van der Waals surface area contributed by atoms with E-state index in [0.29, 0.717) is 16.9 Å². The zero-order valence-corrected chi connectivity index (χ0v) is 16.7. The lowest BCUT2D eigenvalue weighted by molar-refractivity contribution is -0.115. The third-order valence-corrected chi connectivity index (χ3v) is 5.22. The molecule has 2 aromatic heterocycles. The molecule has 3 aromatic rings. The second kappa shape index (κ2) is 8.39. The summed E-state index contributed by atoms with van der Waals surface area (Å²) in [5.41, 5.74) is 2.02. The molecule has 0 unspecified atom stereocenters. The molecule has 0 aliphatic rings. The van der Waals surface area contributed by atoms with E-state index in [1.807, 2.05) is 35.9 Å². The summed E-state index contributed by atoms with van der Waals surface area (Å²) in [5.74, 6) is 0.993. The maximum atomic E-state index is 12.5. The van der Waals surface area contributed by atoms with Gasteiger partial charge in [0, 0.05) is 11.6 Å². The Morgan fingerprint density at radius 2 is 1.96 bits per heavy atom. The van der Waals surface area contributed by atoms with Crippen LogP contribution in [0, 0.1) is 6.92 Å². The van der Waals surface area contributed by atoms with Gasteiger partial charge >= 0.3 is 0 Å². The zero-order valence-electron chi connectivity index (χ0n) is 15.8. The first-order valence-electron chi connectivity index (χ1n) is 8.89. The molecule has 0 saturated carbocycles. The van der Waals surface area contributed by atoms with Crippen LogP contribution in [0.2, 0.25) is 0 Å². The molecule has 2 atom stereocenters. The van der Waals surface area contributed by atoms with E-state index in [4.69, 9.17) is 4.42 Å². The number of carbonyl (C=O) groups excluding carboxylic acids is 1. The fourth-order valence-corrected chi connectivity index (χ4v) is 3.12. The summed E-state index contributed by atoms with van der Waals surface area (Å²) in [6.45, 7) is 7.97. The third kappa shape index (κ3) is 4.57. The minimum Gasteiger partial charge on any atom is -0.411 e. The van der Waals surface area contributed by atoms with Crippen molar-refractivity contribution in [2.45, 2.75) is 50.6 Å². The normalized spacial score (nSPS) is 13.3. The first-order chi connectivity index (χ1) is 13.0. The quantitative estimate of drug-likeness (QED) is 0.609. The van der Waals surface area contributed by atoms with E-state index in [1.54, 1.807) is 19.2 Å². The molecule has 0 radical (unpaired) electrons. The Hall–Kier alpha value is -2.61. The molecule has 2 heterocycles. The molecule has 27 heavy (non-hydrogen) atoms. The number of hydrogen-bond acceptors (Lipinski definition) is 6. The lowest BCUT2D eigenvalue weighted by atomic mass is 10.1. The predicted molar refractivity (Wildman–Crippen MR) is 106 cm³/mol. The molecule has 0 spiro atoms. The average Bonchev–Trinajstić information content (AvgIpc) is 3.31. The van der Waals surface area contributed by atoms with Crippen LogP contribution in [0.5, 0.6) is 0 Å². The molecule has 8 heteroatoms. The van der Waals surface area contributed by atoms with Crippen molar-refractivity contribution in [1.82, 2.24) is 20.0 Å². The van der Waals surface area contributed by atoms with E-state index in [9.17, 15) is 4.79 Å². The highest BCUT2D eigenvalue weighted by atomic mass is 32.2. The van der Waals surface area contributed by atoms with E-state index in [2.05, 4.69) is 34.5 Å². The summed E-state index contributed by atoms with van der Waals surface area (Å²) >= 11 is 1.23. The highest BCUT2D eigenvalue weighted by molar-refractivity contribution is 8.00. The van der Waals surface area contributed by atoms with Crippen molar-refractivity contribution in [3.8, 4) is 11.5 Å². The smallest absolute Gasteiger partial charge is 0.277 e. The highest BCUT2D eigenvalue weighted by Crippen LogP contribution is 2.27. The number of carbonyl (C=O) groups is 1. The number of anilines is 1. The Bertz CT molecular complexity index is 903. The molecular weight excluding hydrogens is 362 g/mol. The van der Waals surface area contributed by atoms with Gasteiger partial charge in [0.2, 0.25) is 11.8 Å². The second-order valence-electron chi connectivity index (χ2n) is 6.41. The van der Waals surface area contributed by atoms with E-state index in [1.165, 1.54) is 11.8 Å². The van der Waals surface area contributed by atoms with Gasteiger partial charge in [-0.25, -0.2) is 4.68 Å². The molecule has 0 fully saturated rings. The Morgan fingerprint density at radius 3 is 2.67 bits per heavy atom. The molecule has 3 rings (SSSR count). The topological polar surface area (TPSA) is 85.8 Å². The lowest BCUT2D eigenvalue weighted by Gasteiger charge is -2.15. The molecule has 0 aliphatic heterocycles. The van der Waals surface area contributed by atoms with Crippen molar-refractivity contribution in [3.05, 3.63) is 42.1 Å². The van der Waals surface area contributed by atoms with E-state index >= 15 is 0 Å². The first kappa shape index (κ1) is 19.2. The molecule has 0 aliphatic carbocycles. The van der Waals surface area contributed by atoms with Crippen LogP contribution < -0.4 is 5.32 Å². The highest BCUT2D eigenvalue weighted by Gasteiger charge is 2.20. The van der Waals surface area contributed by atoms with Crippen molar-refractivity contribution in [2.75, 3.05) is 5.32 Å². The largest absolute Gasteiger partial charge is 0.411 e. The summed E-state index contributed by atoms with van der Waals surface area (Å²) in [6.07, 6.45) is 2.62. The van der Waals surface area contributed by atoms with Crippen LogP contribution in [-0.2, 0) is 4.79 Å². The van der Waals surface area contributed by atoms with Crippen molar-refractivity contribution in [2.24, 2.45) is 0 Å². The van der Waals surface area contributed by atoms with Crippen LogP contribution in [0.25, 0.3) is 11.5 Å². The monoisotopic (exact) mass is 385 g/mol. The molecule has 1 N–H and O–H groups in total. The minimum atomic E-state index is -0.392. The molecule has 7 nitrogen and oxygen atoms in total. The van der Waals surface area contributed by atoms with Crippen molar-refractivity contribution < 1.29 is 9.21 Å². The average molecular weight is 385 g/mol. The van der Waals surface area contributed by atoms with E-state index in [-0.39, 0.29) is 11.9 Å². The van der Waals surface area contributed by atoms with Crippen molar-refractivity contribution >= 4 is 23.5 Å². The van der Waals surface area contributed by atoms with Crippen LogP contribution in [0.1, 0.15) is 38.8 Å². The fraction of sp³-hybridized carbons (Fsp3) is 0.368. The van der Waals surface area contributed by atoms with Crippen molar-refractivity contribution in [3.63, 3.8) is 0 Å². The second-order valence-corrected chi connectivity index (χ2v) is 7.70. The van der Waals surface area contributed by atoms with Gasteiger partial charge in [-0.15, -0.1) is 10.2 Å². The van der Waals surface area contributed by atoms with Gasteiger partial charge in [-0.2, -0.15) is 5.10 Å². The standard InChI is InChI=1S/C19H23N5O2S/c1-5-13(3)24-16(10-11-20-24)21-17(25)14(4)27-19-23-22-18(26-19)15-8-6-12(2)7-9-15/h6-11,13-14H,5H2,1-4H3,(H,21,25)/t13-,14+/m0/s1. The van der Waals surface area contributed by atoms with Gasteiger partial charge in [0.25, 0.3) is 5.22 Å². The summed E-state index contributed by atoms with van der Waals surface area (Å²) in [4.78, 5) is 12.5. The van der Waals surface area contributed by atoms with Gasteiger partial charge in [0.05, 0.1) is 17.5 Å². The number of nitrogens with one attached hydrogen (secondary N) is 1. The number of hydrogen-bond donors (Lipinski definition) is 1. The minimum absolute atomic E-state index is 0.139. The van der Waals surface area contributed by atoms with Gasteiger partial charge in [0.1, 0.15) is 5.82 Å². The maximum Gasteiger partial charge on any atom is 0.277 e. The Morgan fingerprint density at radius 1 is 1.22 bits per heavy atom. The number of benzene rings is 1. The van der Waals surface area contributed by atoms with Crippen LogP contribution in [0.15, 0.2) is 46.2 Å². The number of nitrogens with zero attached hydrogens (tertiary/aromatic N) is 4. The van der Waals surface area contributed by atoms with Crippen LogP contribution in [0.3, 0.4) is 0 Å². The van der Waals surface area contributed by atoms with E-state index < -0.39 is 5.25 Å². The van der Waals surface area contributed by atoms with Crippen LogP contribution >= 0.6 is 11.8 Å². The van der Waals surface area contributed by atoms with Crippen LogP contribution in [-0.4, -0.2) is 31.1 Å². The first-order valence-corrected chi connectivity index (χ1v) is 9.77. The summed E-state index contributed by atoms with van der Waals surface area (Å²) in [5, 5.41) is 15.3. The molecule has 1 aromatic carbocycles. The van der Waals surface area contributed by atoms with Gasteiger partial charge in [-0.3, -0.25) is 4.79 Å².